The van der Waals surface area contributed by atoms with Crippen LogP contribution in [0.2, 0.25) is 5.02 Å². The second kappa shape index (κ2) is 3.76. The average Bonchev–Trinajstić information content (AvgIpc) is 2.36. The highest BCUT2D eigenvalue weighted by atomic mass is 35.5. The molecule has 1 atom stereocenters. The van der Waals surface area contributed by atoms with E-state index in [4.69, 9.17) is 22.4 Å². The van der Waals surface area contributed by atoms with E-state index in [0.717, 1.165) is 5.56 Å². The van der Waals surface area contributed by atoms with Crippen LogP contribution in [-0.2, 0) is 0 Å². The van der Waals surface area contributed by atoms with E-state index in [1.54, 1.807) is 12.4 Å². The number of nitrogens with two attached hydrogens (primary N) is 1. The molecule has 1 heterocycles. The lowest BCUT2D eigenvalue weighted by Gasteiger charge is -2.07. The first-order chi connectivity index (χ1) is 5.25. The van der Waals surface area contributed by atoms with Gasteiger partial charge in [-0.15, -0.1) is 0 Å². The third kappa shape index (κ3) is 1.96. The lowest BCUT2D eigenvalue weighted by atomic mass is 10.1. The molecule has 1 aromatic rings. The van der Waals surface area contributed by atoms with Gasteiger partial charge in [0.2, 0.25) is 0 Å². The van der Waals surface area contributed by atoms with Gasteiger partial charge < -0.3 is 15.8 Å². The second-order valence-corrected chi connectivity index (χ2v) is 2.78. The molecule has 0 amide bonds. The summed E-state index contributed by atoms with van der Waals surface area (Å²) in [6, 6.07) is -0.168. The van der Waals surface area contributed by atoms with Gasteiger partial charge in [0, 0.05) is 30.6 Å². The normalized spacial score (nSPS) is 13.4. The average molecular weight is 175 g/mol. The smallest absolute Gasteiger partial charge is 0.0628 e. The summed E-state index contributed by atoms with van der Waals surface area (Å²) in [6.07, 6.45) is 3.97. The van der Waals surface area contributed by atoms with Crippen LogP contribution >= 0.6 is 11.6 Å². The zero-order chi connectivity index (χ0) is 8.27. The lowest BCUT2D eigenvalue weighted by Crippen LogP contribution is -2.11. The number of hydrogen-bond acceptors (Lipinski definition) is 2. The number of aliphatic hydroxyl groups is 1. The Kier molecular flexibility index (Phi) is 2.93. The highest BCUT2D eigenvalue weighted by Crippen LogP contribution is 2.22. The van der Waals surface area contributed by atoms with Gasteiger partial charge in [0.15, 0.2) is 0 Å². The molecular formula is C7H11ClN2O. The van der Waals surface area contributed by atoms with Crippen LogP contribution in [0.4, 0.5) is 0 Å². The van der Waals surface area contributed by atoms with Crippen molar-refractivity contribution in [2.24, 2.45) is 5.73 Å². The van der Waals surface area contributed by atoms with E-state index in [2.05, 4.69) is 4.98 Å². The van der Waals surface area contributed by atoms with Crippen LogP contribution in [-0.4, -0.2) is 16.7 Å². The van der Waals surface area contributed by atoms with E-state index in [0.29, 0.717) is 11.4 Å². The fourth-order valence-corrected chi connectivity index (χ4v) is 1.19. The SMILES string of the molecule is N[C@@H](CCO)c1c[nH]cc1Cl. The van der Waals surface area contributed by atoms with Crippen LogP contribution < -0.4 is 5.73 Å². The first kappa shape index (κ1) is 8.59. The third-order valence-corrected chi connectivity index (χ3v) is 1.89. The Morgan fingerprint density at radius 3 is 2.82 bits per heavy atom. The van der Waals surface area contributed by atoms with E-state index in [1.807, 2.05) is 0 Å². The summed E-state index contributed by atoms with van der Waals surface area (Å²) in [5, 5.41) is 9.22. The van der Waals surface area contributed by atoms with E-state index < -0.39 is 0 Å². The summed E-state index contributed by atoms with van der Waals surface area (Å²) in [5.74, 6) is 0. The van der Waals surface area contributed by atoms with Crippen molar-refractivity contribution < 1.29 is 5.11 Å². The maximum Gasteiger partial charge on any atom is 0.0628 e. The Balaban J connectivity index is 2.67. The Morgan fingerprint density at radius 1 is 1.64 bits per heavy atom. The summed E-state index contributed by atoms with van der Waals surface area (Å²) in [7, 11) is 0. The van der Waals surface area contributed by atoms with Crippen molar-refractivity contribution in [2.45, 2.75) is 12.5 Å². The predicted molar refractivity (Wildman–Crippen MR) is 44.4 cm³/mol. The Labute approximate surface area is 70.2 Å². The molecule has 3 nitrogen and oxygen atoms in total. The molecule has 0 fully saturated rings. The van der Waals surface area contributed by atoms with Crippen LogP contribution in [0.3, 0.4) is 0 Å². The fraction of sp³-hybridized carbons (Fsp3) is 0.429. The van der Waals surface area contributed by atoms with Crippen LogP contribution in [0, 0.1) is 0 Å². The number of H-pyrrole nitrogens is 1. The van der Waals surface area contributed by atoms with Crippen LogP contribution in [0.1, 0.15) is 18.0 Å². The van der Waals surface area contributed by atoms with Gasteiger partial charge >= 0.3 is 0 Å². The number of hydrogen-bond donors (Lipinski definition) is 3. The molecule has 62 valence electrons. The molecule has 0 unspecified atom stereocenters. The molecule has 4 heteroatoms. The summed E-state index contributed by atoms with van der Waals surface area (Å²) < 4.78 is 0. The van der Waals surface area contributed by atoms with Crippen molar-refractivity contribution >= 4 is 11.6 Å². The molecule has 1 aromatic heterocycles. The van der Waals surface area contributed by atoms with Crippen LogP contribution in [0.25, 0.3) is 0 Å². The first-order valence-corrected chi connectivity index (χ1v) is 3.82. The summed E-state index contributed by atoms with van der Waals surface area (Å²) in [5.41, 5.74) is 6.55. The summed E-state index contributed by atoms with van der Waals surface area (Å²) in [6.45, 7) is 0.0860. The Morgan fingerprint density at radius 2 is 2.36 bits per heavy atom. The van der Waals surface area contributed by atoms with E-state index in [-0.39, 0.29) is 12.6 Å². The number of aromatic nitrogens is 1. The minimum atomic E-state index is -0.168. The summed E-state index contributed by atoms with van der Waals surface area (Å²) >= 11 is 5.78. The number of rotatable bonds is 3. The topological polar surface area (TPSA) is 62.0 Å². The number of nitrogens with one attached hydrogen (secondary N) is 1. The second-order valence-electron chi connectivity index (χ2n) is 2.38. The highest BCUT2D eigenvalue weighted by Gasteiger charge is 2.09. The van der Waals surface area contributed by atoms with E-state index >= 15 is 0 Å². The van der Waals surface area contributed by atoms with Crippen LogP contribution in [0.15, 0.2) is 12.4 Å². The van der Waals surface area contributed by atoms with Crippen molar-refractivity contribution in [1.82, 2.24) is 4.98 Å². The van der Waals surface area contributed by atoms with Gasteiger partial charge in [-0.05, 0) is 6.42 Å². The molecule has 0 aromatic carbocycles. The van der Waals surface area contributed by atoms with Crippen molar-refractivity contribution in [2.75, 3.05) is 6.61 Å². The van der Waals surface area contributed by atoms with Gasteiger partial charge in [0.05, 0.1) is 5.02 Å². The molecule has 4 N–H and O–H groups in total. The molecule has 11 heavy (non-hydrogen) atoms. The number of aliphatic hydroxyl groups excluding tert-OH is 1. The maximum atomic E-state index is 8.59. The fourth-order valence-electron chi connectivity index (χ4n) is 0.936. The largest absolute Gasteiger partial charge is 0.396 e. The molecule has 0 saturated carbocycles. The zero-order valence-electron chi connectivity index (χ0n) is 6.05. The minimum Gasteiger partial charge on any atom is -0.396 e. The quantitative estimate of drug-likeness (QED) is 0.642. The zero-order valence-corrected chi connectivity index (χ0v) is 6.80. The molecule has 0 spiro atoms. The lowest BCUT2D eigenvalue weighted by molar-refractivity contribution is 0.276. The Bertz CT molecular complexity index is 224. The number of halogens is 1. The molecular weight excluding hydrogens is 164 g/mol. The highest BCUT2D eigenvalue weighted by molar-refractivity contribution is 6.31. The first-order valence-electron chi connectivity index (χ1n) is 3.44. The van der Waals surface area contributed by atoms with Gasteiger partial charge in [-0.2, -0.15) is 0 Å². The number of aromatic amines is 1. The van der Waals surface area contributed by atoms with Crippen molar-refractivity contribution in [3.63, 3.8) is 0 Å². The maximum absolute atomic E-state index is 8.59. The molecule has 0 aliphatic heterocycles. The van der Waals surface area contributed by atoms with Gasteiger partial charge in [0.25, 0.3) is 0 Å². The van der Waals surface area contributed by atoms with E-state index in [1.165, 1.54) is 0 Å². The van der Waals surface area contributed by atoms with Gasteiger partial charge in [-0.25, -0.2) is 0 Å². The van der Waals surface area contributed by atoms with Gasteiger partial charge in [-0.3, -0.25) is 0 Å². The van der Waals surface area contributed by atoms with Crippen molar-refractivity contribution in [1.29, 1.82) is 0 Å². The molecule has 0 saturated heterocycles. The molecule has 0 aliphatic rings. The molecule has 1 rings (SSSR count). The van der Waals surface area contributed by atoms with E-state index in [9.17, 15) is 0 Å². The van der Waals surface area contributed by atoms with Crippen molar-refractivity contribution in [3.8, 4) is 0 Å². The summed E-state index contributed by atoms with van der Waals surface area (Å²) in [4.78, 5) is 2.84. The molecule has 0 aliphatic carbocycles. The monoisotopic (exact) mass is 174 g/mol. The molecule has 0 radical (unpaired) electrons. The standard InChI is InChI=1S/C7H11ClN2O/c8-6-4-10-3-5(6)7(9)1-2-11/h3-4,7,10-11H,1-2,9H2/t7-/m0/s1. The van der Waals surface area contributed by atoms with Gasteiger partial charge in [-0.1, -0.05) is 11.6 Å². The van der Waals surface area contributed by atoms with Crippen LogP contribution in [0.5, 0.6) is 0 Å². The third-order valence-electron chi connectivity index (χ3n) is 1.56. The minimum absolute atomic E-state index is 0.0860. The Hall–Kier alpha value is -0.510. The van der Waals surface area contributed by atoms with Crippen molar-refractivity contribution in [3.05, 3.63) is 23.0 Å². The predicted octanol–water partition coefficient (Wildman–Crippen LogP) is 1.05. The van der Waals surface area contributed by atoms with Gasteiger partial charge in [0.1, 0.15) is 0 Å². The molecule has 0 bridgehead atoms.